The molecular formula is C13H19NO3S. The van der Waals surface area contributed by atoms with E-state index in [1.807, 2.05) is 19.9 Å². The Labute approximate surface area is 108 Å². The van der Waals surface area contributed by atoms with Gasteiger partial charge in [-0.2, -0.15) is 0 Å². The molecule has 1 N–H and O–H groups in total. The summed E-state index contributed by atoms with van der Waals surface area (Å²) >= 11 is 0. The Kier molecular flexibility index (Phi) is 5.34. The molecule has 0 unspecified atom stereocenters. The first kappa shape index (κ1) is 14.7. The van der Waals surface area contributed by atoms with Gasteiger partial charge in [-0.25, -0.2) is 8.42 Å². The number of nitrogens with one attached hydrogen (secondary N) is 1. The number of benzene rings is 1. The lowest BCUT2D eigenvalue weighted by atomic mass is 10.2. The second-order valence-electron chi connectivity index (χ2n) is 4.72. The highest BCUT2D eigenvalue weighted by Gasteiger charge is 2.17. The minimum atomic E-state index is -3.39. The molecule has 0 atom stereocenters. The maximum absolute atomic E-state index is 11.8. The van der Waals surface area contributed by atoms with Gasteiger partial charge in [-0.05, 0) is 11.5 Å². The van der Waals surface area contributed by atoms with E-state index in [-0.39, 0.29) is 5.75 Å². The van der Waals surface area contributed by atoms with Crippen molar-refractivity contribution in [3.05, 3.63) is 35.9 Å². The van der Waals surface area contributed by atoms with Crippen molar-refractivity contribution < 1.29 is 13.2 Å². The Morgan fingerprint density at radius 3 is 2.39 bits per heavy atom. The molecule has 0 aliphatic carbocycles. The second kappa shape index (κ2) is 6.54. The molecule has 4 nitrogen and oxygen atoms in total. The topological polar surface area (TPSA) is 63.2 Å². The van der Waals surface area contributed by atoms with Gasteiger partial charge in [0.25, 0.3) is 0 Å². The van der Waals surface area contributed by atoms with Crippen LogP contribution in [0, 0.1) is 5.92 Å². The average Bonchev–Trinajstić information content (AvgIpc) is 2.26. The van der Waals surface area contributed by atoms with Crippen LogP contribution in [0.3, 0.4) is 0 Å². The zero-order valence-electron chi connectivity index (χ0n) is 10.7. The zero-order chi connectivity index (χ0) is 13.6. The summed E-state index contributed by atoms with van der Waals surface area (Å²) < 4.78 is 23.6. The normalized spacial score (nSPS) is 11.5. The number of hydrogen-bond donors (Lipinski definition) is 1. The molecule has 0 aliphatic heterocycles. The summed E-state index contributed by atoms with van der Waals surface area (Å²) in [5, 5.41) is 2.61. The molecule has 0 saturated carbocycles. The maximum atomic E-state index is 11.8. The van der Waals surface area contributed by atoms with Gasteiger partial charge in [-0.15, -0.1) is 0 Å². The third kappa shape index (κ3) is 5.82. The Balaban J connectivity index is 2.52. The molecule has 18 heavy (non-hydrogen) atoms. The molecule has 0 bridgehead atoms. The van der Waals surface area contributed by atoms with Crippen LogP contribution in [0.1, 0.15) is 19.4 Å². The highest BCUT2D eigenvalue weighted by atomic mass is 32.2. The maximum Gasteiger partial charge on any atom is 0.235 e. The van der Waals surface area contributed by atoms with Gasteiger partial charge in [-0.1, -0.05) is 44.2 Å². The predicted octanol–water partition coefficient (Wildman–Crippen LogP) is 1.37. The van der Waals surface area contributed by atoms with Gasteiger partial charge < -0.3 is 5.32 Å². The van der Waals surface area contributed by atoms with Crippen LogP contribution >= 0.6 is 0 Å². The van der Waals surface area contributed by atoms with E-state index in [0.717, 1.165) is 0 Å². The first-order chi connectivity index (χ1) is 8.39. The largest absolute Gasteiger partial charge is 0.355 e. The van der Waals surface area contributed by atoms with Crippen molar-refractivity contribution in [1.82, 2.24) is 5.32 Å². The average molecular weight is 269 g/mol. The van der Waals surface area contributed by atoms with Gasteiger partial charge in [0, 0.05) is 6.54 Å². The standard InChI is InChI=1S/C13H19NO3S/c1-11(2)8-14-13(15)10-18(16,17)9-12-6-4-3-5-7-12/h3-7,11H,8-10H2,1-2H3,(H,14,15). The van der Waals surface area contributed by atoms with E-state index in [0.29, 0.717) is 18.0 Å². The molecule has 5 heteroatoms. The van der Waals surface area contributed by atoms with Crippen LogP contribution in [-0.2, 0) is 20.4 Å². The molecule has 100 valence electrons. The van der Waals surface area contributed by atoms with Crippen molar-refractivity contribution in [2.75, 3.05) is 12.3 Å². The third-order valence-corrected chi connectivity index (χ3v) is 3.76. The number of amides is 1. The van der Waals surface area contributed by atoms with Crippen LogP contribution < -0.4 is 5.32 Å². The minimum absolute atomic E-state index is 0.0943. The smallest absolute Gasteiger partial charge is 0.235 e. The highest BCUT2D eigenvalue weighted by molar-refractivity contribution is 7.91. The van der Waals surface area contributed by atoms with Crippen LogP contribution in [0.2, 0.25) is 0 Å². The molecular weight excluding hydrogens is 250 g/mol. The Bertz CT molecular complexity index is 480. The second-order valence-corrected chi connectivity index (χ2v) is 6.78. The molecule has 0 heterocycles. The summed E-state index contributed by atoms with van der Waals surface area (Å²) in [6, 6.07) is 8.87. The molecule has 1 aromatic carbocycles. The monoisotopic (exact) mass is 269 g/mol. The van der Waals surface area contributed by atoms with Crippen LogP contribution in [0.4, 0.5) is 0 Å². The summed E-state index contributed by atoms with van der Waals surface area (Å²) in [5.41, 5.74) is 0.703. The van der Waals surface area contributed by atoms with Gasteiger partial charge in [0.15, 0.2) is 9.84 Å². The molecule has 0 aromatic heterocycles. The molecule has 0 radical (unpaired) electrons. The third-order valence-electron chi connectivity index (χ3n) is 2.29. The van der Waals surface area contributed by atoms with Gasteiger partial charge in [-0.3, -0.25) is 4.79 Å². The molecule has 0 aliphatic rings. The summed E-state index contributed by atoms with van der Waals surface area (Å²) in [7, 11) is -3.39. The zero-order valence-corrected chi connectivity index (χ0v) is 11.5. The molecule has 1 rings (SSSR count). The van der Waals surface area contributed by atoms with E-state index < -0.39 is 21.5 Å². The van der Waals surface area contributed by atoms with Crippen LogP contribution in [0.15, 0.2) is 30.3 Å². The van der Waals surface area contributed by atoms with E-state index in [1.54, 1.807) is 24.3 Å². The first-order valence-electron chi connectivity index (χ1n) is 5.90. The van der Waals surface area contributed by atoms with E-state index >= 15 is 0 Å². The lowest BCUT2D eigenvalue weighted by Crippen LogP contribution is -2.33. The molecule has 0 spiro atoms. The van der Waals surface area contributed by atoms with Gasteiger partial charge in [0.2, 0.25) is 5.91 Å². The quantitative estimate of drug-likeness (QED) is 0.848. The lowest BCUT2D eigenvalue weighted by Gasteiger charge is -2.08. The summed E-state index contributed by atoms with van der Waals surface area (Å²) in [6.07, 6.45) is 0. The lowest BCUT2D eigenvalue weighted by molar-refractivity contribution is -0.118. The van der Waals surface area contributed by atoms with Crippen molar-refractivity contribution >= 4 is 15.7 Å². The first-order valence-corrected chi connectivity index (χ1v) is 7.72. The van der Waals surface area contributed by atoms with Gasteiger partial charge >= 0.3 is 0 Å². The fraction of sp³-hybridized carbons (Fsp3) is 0.462. The fourth-order valence-corrected chi connectivity index (χ4v) is 2.75. The fourth-order valence-electron chi connectivity index (χ4n) is 1.45. The van der Waals surface area contributed by atoms with Crippen molar-refractivity contribution in [1.29, 1.82) is 0 Å². The van der Waals surface area contributed by atoms with Crippen molar-refractivity contribution in [3.8, 4) is 0 Å². The molecule has 1 aromatic rings. The van der Waals surface area contributed by atoms with Crippen molar-refractivity contribution in [2.45, 2.75) is 19.6 Å². The van der Waals surface area contributed by atoms with E-state index in [4.69, 9.17) is 0 Å². The summed E-state index contributed by atoms with van der Waals surface area (Å²) in [6.45, 7) is 4.41. The Hall–Kier alpha value is -1.36. The minimum Gasteiger partial charge on any atom is -0.355 e. The number of rotatable bonds is 6. The highest BCUT2D eigenvalue weighted by Crippen LogP contribution is 2.06. The van der Waals surface area contributed by atoms with Crippen molar-refractivity contribution in [3.63, 3.8) is 0 Å². The van der Waals surface area contributed by atoms with E-state index in [9.17, 15) is 13.2 Å². The summed E-state index contributed by atoms with van der Waals surface area (Å²) in [5.74, 6) is -0.664. The van der Waals surface area contributed by atoms with Crippen molar-refractivity contribution in [2.24, 2.45) is 5.92 Å². The SMILES string of the molecule is CC(C)CNC(=O)CS(=O)(=O)Cc1ccccc1. The Morgan fingerprint density at radius 1 is 1.22 bits per heavy atom. The van der Waals surface area contributed by atoms with Crippen LogP contribution in [-0.4, -0.2) is 26.6 Å². The summed E-state index contributed by atoms with van der Waals surface area (Å²) in [4.78, 5) is 11.5. The van der Waals surface area contributed by atoms with Gasteiger partial charge in [0.05, 0.1) is 5.75 Å². The van der Waals surface area contributed by atoms with Crippen LogP contribution in [0.5, 0.6) is 0 Å². The molecule has 1 amide bonds. The molecule has 0 fully saturated rings. The van der Waals surface area contributed by atoms with Gasteiger partial charge in [0.1, 0.15) is 5.75 Å². The number of carbonyl (C=O) groups excluding carboxylic acids is 1. The van der Waals surface area contributed by atoms with E-state index in [2.05, 4.69) is 5.32 Å². The predicted molar refractivity (Wildman–Crippen MR) is 71.8 cm³/mol. The molecule has 0 saturated heterocycles. The number of carbonyl (C=O) groups is 1. The van der Waals surface area contributed by atoms with E-state index in [1.165, 1.54) is 0 Å². The Morgan fingerprint density at radius 2 is 1.83 bits per heavy atom. The number of sulfone groups is 1. The number of hydrogen-bond acceptors (Lipinski definition) is 3. The van der Waals surface area contributed by atoms with Crippen LogP contribution in [0.25, 0.3) is 0 Å².